The van der Waals surface area contributed by atoms with Gasteiger partial charge < -0.3 is 14.4 Å². The van der Waals surface area contributed by atoms with E-state index < -0.39 is 0 Å². The Bertz CT molecular complexity index is 1230. The highest BCUT2D eigenvalue weighted by molar-refractivity contribution is 8.18. The molecule has 0 unspecified atom stereocenters. The standard InChI is InChI=1S/C30H37N3O3S/c1-7-14-33-25-19-26(35-6)22(17-24(25)21(3)20-30(33,4)5)18-27-28(34)32(15-16-36-8-2)29(37-27)31-23-12-10-9-11-13-23/h9-13,17-20H,7-8,14-16H2,1-6H3/b27-18+,31-29?. The molecular formula is C30H37N3O3S. The molecule has 0 atom stereocenters. The van der Waals surface area contributed by atoms with Gasteiger partial charge in [-0.1, -0.05) is 31.2 Å². The second-order valence-electron chi connectivity index (χ2n) is 9.74. The van der Waals surface area contributed by atoms with Crippen molar-refractivity contribution in [3.8, 4) is 5.75 Å². The number of rotatable bonds is 9. The van der Waals surface area contributed by atoms with Gasteiger partial charge in [0.1, 0.15) is 5.75 Å². The normalized spacial score (nSPS) is 19.0. The lowest BCUT2D eigenvalue weighted by atomic mass is 9.87. The van der Waals surface area contributed by atoms with E-state index in [1.807, 2.05) is 43.3 Å². The van der Waals surface area contributed by atoms with Crippen molar-refractivity contribution < 1.29 is 14.3 Å². The number of hydrogen-bond donors (Lipinski definition) is 0. The maximum Gasteiger partial charge on any atom is 0.266 e. The Balaban J connectivity index is 1.75. The number of ether oxygens (including phenoxy) is 2. The Morgan fingerprint density at radius 1 is 1.11 bits per heavy atom. The molecule has 0 bridgehead atoms. The van der Waals surface area contributed by atoms with Crippen LogP contribution in [0.5, 0.6) is 5.75 Å². The van der Waals surface area contributed by atoms with E-state index in [0.29, 0.717) is 29.8 Å². The van der Waals surface area contributed by atoms with E-state index in [1.54, 1.807) is 12.0 Å². The van der Waals surface area contributed by atoms with Crippen LogP contribution in [-0.2, 0) is 9.53 Å². The molecule has 2 aliphatic rings. The smallest absolute Gasteiger partial charge is 0.266 e. The van der Waals surface area contributed by atoms with Crippen LogP contribution in [0.1, 0.15) is 52.2 Å². The number of fused-ring (bicyclic) bond motifs is 1. The summed E-state index contributed by atoms with van der Waals surface area (Å²) in [6, 6.07) is 14.0. The number of allylic oxidation sites excluding steroid dienone is 1. The van der Waals surface area contributed by atoms with Gasteiger partial charge in [0.15, 0.2) is 5.17 Å². The average molecular weight is 520 g/mol. The number of aliphatic imine (C=N–C) groups is 1. The Labute approximate surface area is 225 Å². The lowest BCUT2D eigenvalue weighted by molar-refractivity contribution is -0.122. The Morgan fingerprint density at radius 2 is 1.86 bits per heavy atom. The maximum absolute atomic E-state index is 13.5. The molecule has 196 valence electrons. The number of carbonyl (C=O) groups excluding carboxylic acids is 1. The first-order chi connectivity index (χ1) is 17.8. The fourth-order valence-electron chi connectivity index (χ4n) is 4.89. The quantitative estimate of drug-likeness (QED) is 0.271. The Kier molecular flexibility index (Phi) is 8.45. The van der Waals surface area contributed by atoms with Crippen LogP contribution in [0.2, 0.25) is 0 Å². The lowest BCUT2D eigenvalue weighted by Gasteiger charge is -2.43. The van der Waals surface area contributed by atoms with Crippen molar-refractivity contribution in [3.05, 3.63) is 64.6 Å². The van der Waals surface area contributed by atoms with Gasteiger partial charge in [0, 0.05) is 36.0 Å². The first-order valence-electron chi connectivity index (χ1n) is 12.9. The molecule has 1 fully saturated rings. The molecule has 2 aromatic rings. The first-order valence-corrected chi connectivity index (χ1v) is 13.7. The summed E-state index contributed by atoms with van der Waals surface area (Å²) in [6.07, 6.45) is 5.31. The highest BCUT2D eigenvalue weighted by Crippen LogP contribution is 2.44. The minimum Gasteiger partial charge on any atom is -0.496 e. The fourth-order valence-corrected chi connectivity index (χ4v) is 5.90. The van der Waals surface area contributed by atoms with Crippen LogP contribution >= 0.6 is 11.8 Å². The molecule has 0 aromatic heterocycles. The topological polar surface area (TPSA) is 54.4 Å². The Hall–Kier alpha value is -3.03. The van der Waals surface area contributed by atoms with Crippen LogP contribution in [0.25, 0.3) is 11.6 Å². The highest BCUT2D eigenvalue weighted by Gasteiger charge is 2.35. The van der Waals surface area contributed by atoms with E-state index in [9.17, 15) is 4.79 Å². The molecular weight excluding hydrogens is 482 g/mol. The second kappa shape index (κ2) is 11.6. The zero-order chi connectivity index (χ0) is 26.6. The molecule has 0 radical (unpaired) electrons. The van der Waals surface area contributed by atoms with Crippen molar-refractivity contribution in [2.24, 2.45) is 4.99 Å². The van der Waals surface area contributed by atoms with Gasteiger partial charge in [0.2, 0.25) is 0 Å². The third kappa shape index (κ3) is 5.78. The molecule has 2 aromatic carbocycles. The van der Waals surface area contributed by atoms with Gasteiger partial charge >= 0.3 is 0 Å². The number of anilines is 1. The molecule has 37 heavy (non-hydrogen) atoms. The monoisotopic (exact) mass is 519 g/mol. The molecule has 0 N–H and O–H groups in total. The van der Waals surface area contributed by atoms with Gasteiger partial charge in [-0.05, 0) is 75.7 Å². The molecule has 4 rings (SSSR count). The predicted octanol–water partition coefficient (Wildman–Crippen LogP) is 6.75. The molecule has 2 aliphatic heterocycles. The predicted molar refractivity (Wildman–Crippen MR) is 156 cm³/mol. The van der Waals surface area contributed by atoms with Crippen molar-refractivity contribution in [2.75, 3.05) is 38.3 Å². The van der Waals surface area contributed by atoms with Gasteiger partial charge in [-0.25, -0.2) is 4.99 Å². The van der Waals surface area contributed by atoms with Crippen molar-refractivity contribution >= 4 is 45.9 Å². The third-order valence-corrected chi connectivity index (χ3v) is 7.60. The van der Waals surface area contributed by atoms with Crippen LogP contribution < -0.4 is 9.64 Å². The van der Waals surface area contributed by atoms with E-state index >= 15 is 0 Å². The van der Waals surface area contributed by atoms with E-state index in [2.05, 4.69) is 50.8 Å². The summed E-state index contributed by atoms with van der Waals surface area (Å²) >= 11 is 1.39. The lowest BCUT2D eigenvalue weighted by Crippen LogP contribution is -2.45. The number of methoxy groups -OCH3 is 1. The largest absolute Gasteiger partial charge is 0.496 e. The molecule has 2 heterocycles. The van der Waals surface area contributed by atoms with Gasteiger partial charge in [-0.2, -0.15) is 0 Å². The molecule has 1 amide bonds. The Morgan fingerprint density at radius 3 is 2.54 bits per heavy atom. The fraction of sp³-hybridized carbons (Fsp3) is 0.400. The first kappa shape index (κ1) is 27.0. The summed E-state index contributed by atoms with van der Waals surface area (Å²) in [5.41, 5.74) is 5.17. The van der Waals surface area contributed by atoms with E-state index in [0.717, 1.165) is 30.0 Å². The molecule has 6 nitrogen and oxygen atoms in total. The zero-order valence-electron chi connectivity index (χ0n) is 22.7. The summed E-state index contributed by atoms with van der Waals surface area (Å²) in [5.74, 6) is 0.681. The second-order valence-corrected chi connectivity index (χ2v) is 10.7. The third-order valence-electron chi connectivity index (χ3n) is 6.60. The van der Waals surface area contributed by atoms with Crippen LogP contribution in [0.4, 0.5) is 11.4 Å². The molecule has 0 aliphatic carbocycles. The summed E-state index contributed by atoms with van der Waals surface area (Å²) in [4.78, 5) is 23.1. The molecule has 7 heteroatoms. The van der Waals surface area contributed by atoms with Gasteiger partial charge in [0.05, 0.1) is 36.4 Å². The SMILES string of the molecule is CCCN1c2cc(OC)c(/C=C3/SC(=Nc4ccccc4)N(CCOCC)C3=O)cc2C(C)=CC1(C)C. The number of para-hydroxylation sites is 1. The highest BCUT2D eigenvalue weighted by atomic mass is 32.2. The van der Waals surface area contributed by atoms with Crippen molar-refractivity contribution in [3.63, 3.8) is 0 Å². The number of benzene rings is 2. The minimum absolute atomic E-state index is 0.0693. The molecule has 1 saturated heterocycles. The van der Waals surface area contributed by atoms with Crippen LogP contribution in [0.3, 0.4) is 0 Å². The summed E-state index contributed by atoms with van der Waals surface area (Å²) in [6.45, 7) is 13.3. The summed E-state index contributed by atoms with van der Waals surface area (Å²) in [7, 11) is 1.69. The van der Waals surface area contributed by atoms with Gasteiger partial charge in [0.25, 0.3) is 5.91 Å². The number of hydrogen-bond acceptors (Lipinski definition) is 6. The number of thioether (sulfide) groups is 1. The molecule has 0 spiro atoms. The number of carbonyl (C=O) groups is 1. The maximum atomic E-state index is 13.5. The van der Waals surface area contributed by atoms with Crippen molar-refractivity contribution in [2.45, 2.75) is 46.6 Å². The summed E-state index contributed by atoms with van der Waals surface area (Å²) in [5, 5.41) is 0.658. The van der Waals surface area contributed by atoms with E-state index in [4.69, 9.17) is 14.5 Å². The molecule has 0 saturated carbocycles. The number of amidine groups is 1. The zero-order valence-corrected chi connectivity index (χ0v) is 23.5. The number of nitrogens with zero attached hydrogens (tertiary/aromatic N) is 3. The average Bonchev–Trinajstić information content (AvgIpc) is 3.15. The van der Waals surface area contributed by atoms with Gasteiger partial charge in [-0.15, -0.1) is 0 Å². The minimum atomic E-state index is -0.0841. The van der Waals surface area contributed by atoms with E-state index in [-0.39, 0.29) is 11.4 Å². The number of amides is 1. The van der Waals surface area contributed by atoms with E-state index in [1.165, 1.54) is 28.6 Å². The van der Waals surface area contributed by atoms with Crippen LogP contribution in [0.15, 0.2) is 58.4 Å². The van der Waals surface area contributed by atoms with Crippen molar-refractivity contribution in [1.29, 1.82) is 0 Å². The van der Waals surface area contributed by atoms with Crippen molar-refractivity contribution in [1.82, 2.24) is 4.90 Å². The van der Waals surface area contributed by atoms with Crippen LogP contribution in [-0.4, -0.2) is 54.9 Å². The van der Waals surface area contributed by atoms with Gasteiger partial charge in [-0.3, -0.25) is 9.69 Å². The van der Waals surface area contributed by atoms with Crippen LogP contribution in [0, 0.1) is 0 Å². The summed E-state index contributed by atoms with van der Waals surface area (Å²) < 4.78 is 11.4.